The summed E-state index contributed by atoms with van der Waals surface area (Å²) in [6.07, 6.45) is -1.25. The van der Waals surface area contributed by atoms with Crippen LogP contribution in [0.5, 0.6) is 0 Å². The molecule has 0 radical (unpaired) electrons. The summed E-state index contributed by atoms with van der Waals surface area (Å²) in [5.74, 6) is -1.62. The molecule has 0 N–H and O–H groups in total. The molecule has 10 heteroatoms. The van der Waals surface area contributed by atoms with Gasteiger partial charge < -0.3 is 28.4 Å². The number of rotatable bonds is 6. The van der Waals surface area contributed by atoms with Crippen LogP contribution < -0.4 is 0 Å². The molecule has 10 nitrogen and oxygen atoms in total. The summed E-state index contributed by atoms with van der Waals surface area (Å²) in [5.41, 5.74) is 0. The lowest BCUT2D eigenvalue weighted by Gasteiger charge is -2.06. The van der Waals surface area contributed by atoms with Gasteiger partial charge in [-0.25, -0.2) is 19.2 Å². The fraction of sp³-hybridized carbons (Fsp3) is 0.500. The number of cyclic esters (lactones) is 4. The van der Waals surface area contributed by atoms with Crippen LogP contribution in [0.1, 0.15) is 0 Å². The first-order chi connectivity index (χ1) is 10.5. The van der Waals surface area contributed by atoms with Crippen LogP contribution in [0.3, 0.4) is 0 Å². The maximum atomic E-state index is 11.3. The van der Waals surface area contributed by atoms with Crippen molar-refractivity contribution in [1.29, 1.82) is 0 Å². The van der Waals surface area contributed by atoms with Crippen LogP contribution >= 0.6 is 0 Å². The Morgan fingerprint density at radius 2 is 1.32 bits per heavy atom. The van der Waals surface area contributed by atoms with Gasteiger partial charge in [0.05, 0.1) is 0 Å². The number of carbonyl (C=O) groups is 4. The molecule has 2 heterocycles. The van der Waals surface area contributed by atoms with E-state index in [1.807, 2.05) is 0 Å². The Hall–Kier alpha value is -2.78. The topological polar surface area (TPSA) is 124 Å². The fourth-order valence-corrected chi connectivity index (χ4v) is 1.48. The zero-order chi connectivity index (χ0) is 15.9. The van der Waals surface area contributed by atoms with Gasteiger partial charge in [-0.2, -0.15) is 0 Å². The molecule has 2 aliphatic heterocycles. The SMILES string of the molecule is O=C(/C=C\C(=O)OCC1COC(=O)O1)OCC1COC(=O)O1. The molecular weight excluding hydrogens is 304 g/mol. The van der Waals surface area contributed by atoms with Crippen LogP contribution in [0.2, 0.25) is 0 Å². The fourth-order valence-electron chi connectivity index (χ4n) is 1.48. The molecular formula is C12H12O10. The summed E-state index contributed by atoms with van der Waals surface area (Å²) in [7, 11) is 0. The predicted molar refractivity (Wildman–Crippen MR) is 63.5 cm³/mol. The van der Waals surface area contributed by atoms with E-state index in [1.54, 1.807) is 0 Å². The van der Waals surface area contributed by atoms with E-state index in [9.17, 15) is 19.2 Å². The van der Waals surface area contributed by atoms with Gasteiger partial charge in [0.15, 0.2) is 12.2 Å². The van der Waals surface area contributed by atoms with Crippen LogP contribution in [0, 0.1) is 0 Å². The lowest BCUT2D eigenvalue weighted by molar-refractivity contribution is -0.142. The molecule has 2 saturated heterocycles. The van der Waals surface area contributed by atoms with Crippen molar-refractivity contribution in [3.05, 3.63) is 12.2 Å². The highest BCUT2D eigenvalue weighted by Crippen LogP contribution is 2.07. The molecule has 22 heavy (non-hydrogen) atoms. The molecule has 0 aromatic heterocycles. The van der Waals surface area contributed by atoms with E-state index >= 15 is 0 Å². The van der Waals surface area contributed by atoms with Gasteiger partial charge in [-0.1, -0.05) is 0 Å². The zero-order valence-electron chi connectivity index (χ0n) is 11.2. The van der Waals surface area contributed by atoms with Gasteiger partial charge in [0.25, 0.3) is 0 Å². The maximum absolute atomic E-state index is 11.3. The molecule has 2 atom stereocenters. The monoisotopic (exact) mass is 316 g/mol. The van der Waals surface area contributed by atoms with Crippen molar-refractivity contribution < 1.29 is 47.6 Å². The van der Waals surface area contributed by atoms with Gasteiger partial charge in [0, 0.05) is 12.2 Å². The maximum Gasteiger partial charge on any atom is 0.508 e. The van der Waals surface area contributed by atoms with Gasteiger partial charge >= 0.3 is 24.2 Å². The molecule has 0 amide bonds. The van der Waals surface area contributed by atoms with E-state index in [2.05, 4.69) is 18.9 Å². The lowest BCUT2D eigenvalue weighted by Crippen LogP contribution is -2.21. The number of ether oxygens (including phenoxy) is 6. The van der Waals surface area contributed by atoms with Gasteiger partial charge in [-0.15, -0.1) is 0 Å². The normalized spacial score (nSPS) is 23.5. The summed E-state index contributed by atoms with van der Waals surface area (Å²) in [4.78, 5) is 43.8. The second kappa shape index (κ2) is 7.29. The first-order valence-electron chi connectivity index (χ1n) is 6.21. The lowest BCUT2D eigenvalue weighted by atomic mass is 10.4. The second-order valence-electron chi connectivity index (χ2n) is 4.20. The largest absolute Gasteiger partial charge is 0.508 e. The van der Waals surface area contributed by atoms with Crippen molar-refractivity contribution in [3.63, 3.8) is 0 Å². The Morgan fingerprint density at radius 3 is 1.64 bits per heavy atom. The van der Waals surface area contributed by atoms with Crippen molar-refractivity contribution in [2.24, 2.45) is 0 Å². The molecule has 2 fully saturated rings. The van der Waals surface area contributed by atoms with Crippen molar-refractivity contribution in [3.8, 4) is 0 Å². The average molecular weight is 316 g/mol. The Balaban J connectivity index is 1.60. The third kappa shape index (κ3) is 4.96. The van der Waals surface area contributed by atoms with Crippen LogP contribution in [0.15, 0.2) is 12.2 Å². The molecule has 2 aliphatic rings. The molecule has 0 aromatic rings. The van der Waals surface area contributed by atoms with Crippen molar-refractivity contribution in [2.75, 3.05) is 26.4 Å². The van der Waals surface area contributed by atoms with Gasteiger partial charge in [-0.3, -0.25) is 0 Å². The van der Waals surface area contributed by atoms with Gasteiger partial charge in [0.2, 0.25) is 0 Å². The number of hydrogen-bond donors (Lipinski definition) is 0. The first kappa shape index (κ1) is 15.6. The highest BCUT2D eigenvalue weighted by molar-refractivity contribution is 5.91. The third-order valence-corrected chi connectivity index (χ3v) is 2.48. The van der Waals surface area contributed by atoms with E-state index in [1.165, 1.54) is 0 Å². The van der Waals surface area contributed by atoms with E-state index in [0.717, 1.165) is 12.2 Å². The van der Waals surface area contributed by atoms with Crippen LogP contribution in [0.4, 0.5) is 9.59 Å². The van der Waals surface area contributed by atoms with E-state index in [4.69, 9.17) is 9.47 Å². The van der Waals surface area contributed by atoms with Crippen LogP contribution in [0.25, 0.3) is 0 Å². The number of hydrogen-bond acceptors (Lipinski definition) is 10. The quantitative estimate of drug-likeness (QED) is 0.366. The minimum atomic E-state index is -0.822. The van der Waals surface area contributed by atoms with Crippen molar-refractivity contribution in [2.45, 2.75) is 12.2 Å². The van der Waals surface area contributed by atoms with Crippen LogP contribution in [-0.2, 0) is 38.0 Å². The summed E-state index contributed by atoms with van der Waals surface area (Å²) >= 11 is 0. The summed E-state index contributed by atoms with van der Waals surface area (Å²) in [6, 6.07) is 0. The van der Waals surface area contributed by atoms with E-state index < -0.39 is 36.5 Å². The number of esters is 2. The molecule has 2 rings (SSSR count). The molecule has 0 spiro atoms. The van der Waals surface area contributed by atoms with Crippen molar-refractivity contribution >= 4 is 24.2 Å². The van der Waals surface area contributed by atoms with Crippen molar-refractivity contribution in [1.82, 2.24) is 0 Å². The molecule has 0 saturated carbocycles. The molecule has 120 valence electrons. The summed E-state index contributed by atoms with van der Waals surface area (Å²) in [5, 5.41) is 0. The number of carbonyl (C=O) groups excluding carboxylic acids is 4. The van der Waals surface area contributed by atoms with Crippen LogP contribution in [-0.4, -0.2) is 62.9 Å². The molecule has 0 bridgehead atoms. The Kier molecular flexibility index (Phi) is 5.17. The van der Waals surface area contributed by atoms with E-state index in [-0.39, 0.29) is 26.4 Å². The third-order valence-electron chi connectivity index (χ3n) is 2.48. The second-order valence-corrected chi connectivity index (χ2v) is 4.20. The Bertz CT molecular complexity index is 452. The van der Waals surface area contributed by atoms with E-state index in [0.29, 0.717) is 0 Å². The highest BCUT2D eigenvalue weighted by Gasteiger charge is 2.27. The minimum absolute atomic E-state index is 0.0000485. The summed E-state index contributed by atoms with van der Waals surface area (Å²) in [6.45, 7) is -0.362. The minimum Gasteiger partial charge on any atom is -0.458 e. The summed E-state index contributed by atoms with van der Waals surface area (Å²) < 4.78 is 27.7. The molecule has 0 aromatic carbocycles. The Labute approximate surface area is 123 Å². The standard InChI is InChI=1S/C12H12O10/c13-9(17-3-7-5-19-11(15)21-7)1-2-10(14)18-4-8-6-20-12(16)22-8/h1-2,7-8H,3-6H2/b2-1-. The van der Waals surface area contributed by atoms with Gasteiger partial charge in [-0.05, 0) is 0 Å². The molecule has 0 aliphatic carbocycles. The molecule has 2 unspecified atom stereocenters. The average Bonchev–Trinajstić information content (AvgIpc) is 3.09. The predicted octanol–water partition coefficient (Wildman–Crippen LogP) is -0.300. The smallest absolute Gasteiger partial charge is 0.458 e. The highest BCUT2D eigenvalue weighted by atomic mass is 16.8. The Morgan fingerprint density at radius 1 is 0.909 bits per heavy atom. The first-order valence-corrected chi connectivity index (χ1v) is 6.21. The zero-order valence-corrected chi connectivity index (χ0v) is 11.2. The van der Waals surface area contributed by atoms with Gasteiger partial charge in [0.1, 0.15) is 26.4 Å².